The second-order valence-electron chi connectivity index (χ2n) is 2.99. The van der Waals surface area contributed by atoms with Crippen LogP contribution in [0.1, 0.15) is 10.4 Å². The van der Waals surface area contributed by atoms with Gasteiger partial charge >= 0.3 is 5.97 Å². The van der Waals surface area contributed by atoms with Gasteiger partial charge in [-0.05, 0) is 12.1 Å². The van der Waals surface area contributed by atoms with Crippen molar-refractivity contribution in [3.63, 3.8) is 0 Å². The first-order valence-corrected chi connectivity index (χ1v) is 5.89. The number of fused-ring (bicyclic) bond motifs is 1. The first kappa shape index (κ1) is 10.4. The van der Waals surface area contributed by atoms with Crippen molar-refractivity contribution in [2.24, 2.45) is 0 Å². The average Bonchev–Trinajstić information content (AvgIpc) is 2.70. The Morgan fingerprint density at radius 2 is 2.40 bits per heavy atom. The molecule has 0 saturated carbocycles. The van der Waals surface area contributed by atoms with Gasteiger partial charge in [-0.25, -0.2) is 4.79 Å². The van der Waals surface area contributed by atoms with E-state index in [0.717, 1.165) is 15.5 Å². The fourth-order valence-electron chi connectivity index (χ4n) is 1.49. The highest BCUT2D eigenvalue weighted by molar-refractivity contribution is 14.1. The standard InChI is InChI=1S/C10H9IN2O2/c1-15-10(14)7-3-2-4-9-8(7)5-12-13(9)6-11/h2-5H,6H2,1H3. The van der Waals surface area contributed by atoms with Crippen molar-refractivity contribution in [3.05, 3.63) is 30.0 Å². The van der Waals surface area contributed by atoms with Crippen LogP contribution >= 0.6 is 22.6 Å². The van der Waals surface area contributed by atoms with Crippen molar-refractivity contribution in [2.45, 2.75) is 4.55 Å². The van der Waals surface area contributed by atoms with Gasteiger partial charge in [0.15, 0.2) is 0 Å². The third-order valence-corrected chi connectivity index (χ3v) is 2.85. The number of halogens is 1. The van der Waals surface area contributed by atoms with E-state index in [1.807, 2.05) is 16.8 Å². The maximum absolute atomic E-state index is 11.5. The van der Waals surface area contributed by atoms with E-state index in [4.69, 9.17) is 4.74 Å². The molecule has 4 nitrogen and oxygen atoms in total. The Labute approximate surface area is 100 Å². The van der Waals surface area contributed by atoms with E-state index in [2.05, 4.69) is 27.7 Å². The summed E-state index contributed by atoms with van der Waals surface area (Å²) >= 11 is 2.22. The van der Waals surface area contributed by atoms with Crippen molar-refractivity contribution in [1.82, 2.24) is 9.78 Å². The highest BCUT2D eigenvalue weighted by atomic mass is 127. The molecule has 1 aromatic heterocycles. The minimum atomic E-state index is -0.325. The summed E-state index contributed by atoms with van der Waals surface area (Å²) in [4.78, 5) is 11.5. The van der Waals surface area contributed by atoms with Crippen LogP contribution in [0.3, 0.4) is 0 Å². The molecule has 0 aliphatic carbocycles. The molecule has 1 aromatic carbocycles. The minimum Gasteiger partial charge on any atom is -0.465 e. The van der Waals surface area contributed by atoms with Gasteiger partial charge in [0.2, 0.25) is 0 Å². The lowest BCUT2D eigenvalue weighted by Gasteiger charge is -2.01. The Balaban J connectivity index is 2.67. The lowest BCUT2D eigenvalue weighted by Crippen LogP contribution is -2.01. The van der Waals surface area contributed by atoms with Gasteiger partial charge in [0.05, 0.1) is 28.9 Å². The Morgan fingerprint density at radius 3 is 3.07 bits per heavy atom. The quantitative estimate of drug-likeness (QED) is 0.485. The van der Waals surface area contributed by atoms with E-state index in [9.17, 15) is 4.79 Å². The Morgan fingerprint density at radius 1 is 1.60 bits per heavy atom. The molecule has 2 aromatic rings. The van der Waals surface area contributed by atoms with Crippen LogP contribution < -0.4 is 0 Å². The molecule has 0 unspecified atom stereocenters. The minimum absolute atomic E-state index is 0.325. The summed E-state index contributed by atoms with van der Waals surface area (Å²) in [6.07, 6.45) is 1.69. The summed E-state index contributed by atoms with van der Waals surface area (Å²) in [6, 6.07) is 5.51. The number of rotatable bonds is 2. The summed E-state index contributed by atoms with van der Waals surface area (Å²) in [7, 11) is 1.38. The zero-order valence-electron chi connectivity index (χ0n) is 8.11. The Bertz CT molecular complexity index is 507. The van der Waals surface area contributed by atoms with Crippen LogP contribution in [0.25, 0.3) is 10.9 Å². The van der Waals surface area contributed by atoms with Crippen LogP contribution in [0.2, 0.25) is 0 Å². The molecule has 0 fully saturated rings. The smallest absolute Gasteiger partial charge is 0.338 e. The van der Waals surface area contributed by atoms with Crippen LogP contribution in [-0.4, -0.2) is 22.9 Å². The number of hydrogen-bond acceptors (Lipinski definition) is 3. The van der Waals surface area contributed by atoms with Gasteiger partial charge in [-0.2, -0.15) is 5.10 Å². The zero-order chi connectivity index (χ0) is 10.8. The van der Waals surface area contributed by atoms with E-state index in [-0.39, 0.29) is 5.97 Å². The van der Waals surface area contributed by atoms with Crippen molar-refractivity contribution < 1.29 is 9.53 Å². The number of aromatic nitrogens is 2. The molecule has 0 spiro atoms. The molecule has 0 amide bonds. The van der Waals surface area contributed by atoms with E-state index < -0.39 is 0 Å². The third-order valence-electron chi connectivity index (χ3n) is 2.21. The number of methoxy groups -OCH3 is 1. The maximum Gasteiger partial charge on any atom is 0.338 e. The molecular formula is C10H9IN2O2. The van der Waals surface area contributed by atoms with E-state index in [0.29, 0.717) is 5.56 Å². The van der Waals surface area contributed by atoms with Crippen LogP contribution in [0.4, 0.5) is 0 Å². The number of esters is 1. The number of benzene rings is 1. The van der Waals surface area contributed by atoms with Crippen molar-refractivity contribution >= 4 is 39.5 Å². The number of ether oxygens (including phenoxy) is 1. The topological polar surface area (TPSA) is 44.1 Å². The summed E-state index contributed by atoms with van der Waals surface area (Å²) < 4.78 is 7.30. The van der Waals surface area contributed by atoms with Gasteiger partial charge in [-0.1, -0.05) is 28.7 Å². The average molecular weight is 316 g/mol. The molecule has 0 saturated heterocycles. The lowest BCUT2D eigenvalue weighted by molar-refractivity contribution is 0.0603. The highest BCUT2D eigenvalue weighted by Gasteiger charge is 2.12. The second-order valence-corrected chi connectivity index (χ2v) is 3.68. The first-order chi connectivity index (χ1) is 7.27. The fraction of sp³-hybridized carbons (Fsp3) is 0.200. The van der Waals surface area contributed by atoms with Crippen molar-refractivity contribution in [3.8, 4) is 0 Å². The normalized spacial score (nSPS) is 10.5. The van der Waals surface area contributed by atoms with Gasteiger partial charge < -0.3 is 4.74 Å². The SMILES string of the molecule is COC(=O)c1cccc2c1cnn2CI. The first-order valence-electron chi connectivity index (χ1n) is 4.36. The predicted molar refractivity (Wildman–Crippen MR) is 65.1 cm³/mol. The summed E-state index contributed by atoms with van der Waals surface area (Å²) in [5.41, 5.74) is 1.51. The van der Waals surface area contributed by atoms with Gasteiger partial charge in [0, 0.05) is 5.39 Å². The van der Waals surface area contributed by atoms with Crippen LogP contribution in [0, 0.1) is 0 Å². The largest absolute Gasteiger partial charge is 0.465 e. The van der Waals surface area contributed by atoms with Crippen LogP contribution in [0.5, 0.6) is 0 Å². The number of carbonyl (C=O) groups is 1. The molecule has 0 aliphatic rings. The molecular weight excluding hydrogens is 307 g/mol. The van der Waals surface area contributed by atoms with Gasteiger partial charge in [0.25, 0.3) is 0 Å². The molecule has 1 heterocycles. The molecule has 15 heavy (non-hydrogen) atoms. The van der Waals surface area contributed by atoms with Gasteiger partial charge in [0.1, 0.15) is 0 Å². The number of nitrogens with zero attached hydrogens (tertiary/aromatic N) is 2. The summed E-state index contributed by atoms with van der Waals surface area (Å²) in [5, 5.41) is 5.03. The molecule has 0 radical (unpaired) electrons. The second kappa shape index (κ2) is 4.18. The molecule has 0 atom stereocenters. The Hall–Kier alpha value is -1.11. The number of carbonyl (C=O) groups excluding carboxylic acids is 1. The molecule has 5 heteroatoms. The maximum atomic E-state index is 11.5. The van der Waals surface area contributed by atoms with Crippen LogP contribution in [-0.2, 0) is 9.29 Å². The molecule has 0 N–H and O–H groups in total. The van der Waals surface area contributed by atoms with Gasteiger partial charge in [-0.15, -0.1) is 0 Å². The molecule has 2 rings (SSSR count). The molecule has 78 valence electrons. The highest BCUT2D eigenvalue weighted by Crippen LogP contribution is 2.19. The summed E-state index contributed by atoms with van der Waals surface area (Å²) in [6.45, 7) is 0. The van der Waals surface area contributed by atoms with Crippen LogP contribution in [0.15, 0.2) is 24.4 Å². The molecule has 0 bridgehead atoms. The Kier molecular flexibility index (Phi) is 2.90. The molecule has 0 aliphatic heterocycles. The van der Waals surface area contributed by atoms with E-state index >= 15 is 0 Å². The van der Waals surface area contributed by atoms with E-state index in [1.54, 1.807) is 12.3 Å². The monoisotopic (exact) mass is 316 g/mol. The van der Waals surface area contributed by atoms with Gasteiger partial charge in [-0.3, -0.25) is 4.68 Å². The lowest BCUT2D eigenvalue weighted by atomic mass is 10.1. The van der Waals surface area contributed by atoms with E-state index in [1.165, 1.54) is 7.11 Å². The van der Waals surface area contributed by atoms with Crippen molar-refractivity contribution in [1.29, 1.82) is 0 Å². The third kappa shape index (κ3) is 1.71. The van der Waals surface area contributed by atoms with Crippen molar-refractivity contribution in [2.75, 3.05) is 7.11 Å². The summed E-state index contributed by atoms with van der Waals surface area (Å²) in [5.74, 6) is -0.325. The number of hydrogen-bond donors (Lipinski definition) is 0. The zero-order valence-corrected chi connectivity index (χ0v) is 10.3. The number of alkyl halides is 1. The fourth-order valence-corrected chi connectivity index (χ4v) is 2.03. The predicted octanol–water partition coefficient (Wildman–Crippen LogP) is 2.22.